The molecule has 1 aromatic carbocycles. The molecule has 0 spiro atoms. The zero-order chi connectivity index (χ0) is 11.5. The van der Waals surface area contributed by atoms with E-state index in [2.05, 4.69) is 6.07 Å². The van der Waals surface area contributed by atoms with E-state index in [0.717, 1.165) is 0 Å². The number of benzene rings is 1. The summed E-state index contributed by atoms with van der Waals surface area (Å²) in [4.78, 5) is 13.2. The summed E-state index contributed by atoms with van der Waals surface area (Å²) >= 11 is 0. The summed E-state index contributed by atoms with van der Waals surface area (Å²) in [7, 11) is 0. The van der Waals surface area contributed by atoms with Crippen LogP contribution in [0.2, 0.25) is 0 Å². The summed E-state index contributed by atoms with van der Waals surface area (Å²) in [6.45, 7) is 0.275. The quantitative estimate of drug-likeness (QED) is 0.763. The first-order valence-electron chi connectivity index (χ1n) is 5.20. The third-order valence-corrected chi connectivity index (χ3v) is 2.70. The summed E-state index contributed by atoms with van der Waals surface area (Å²) in [5.74, 6) is -0.0343. The van der Waals surface area contributed by atoms with E-state index in [1.165, 1.54) is 4.90 Å². The SMILES string of the molecule is N#Cc1ccccc1N1CC(O)CCC1=O. The summed E-state index contributed by atoms with van der Waals surface area (Å²) in [5, 5.41) is 18.5. The molecule has 1 heterocycles. The molecular weight excluding hydrogens is 204 g/mol. The lowest BCUT2D eigenvalue weighted by Gasteiger charge is -2.30. The van der Waals surface area contributed by atoms with Gasteiger partial charge < -0.3 is 10.0 Å². The first-order valence-corrected chi connectivity index (χ1v) is 5.20. The lowest BCUT2D eigenvalue weighted by molar-refractivity contribution is -0.121. The molecule has 1 atom stereocenters. The van der Waals surface area contributed by atoms with Gasteiger partial charge in [-0.2, -0.15) is 5.26 Å². The fourth-order valence-corrected chi connectivity index (χ4v) is 1.87. The molecule has 4 heteroatoms. The summed E-state index contributed by atoms with van der Waals surface area (Å²) in [6.07, 6.45) is 0.342. The molecular formula is C12H12N2O2. The highest BCUT2D eigenvalue weighted by atomic mass is 16.3. The van der Waals surface area contributed by atoms with Gasteiger partial charge >= 0.3 is 0 Å². The summed E-state index contributed by atoms with van der Waals surface area (Å²) in [5.41, 5.74) is 1.05. The zero-order valence-corrected chi connectivity index (χ0v) is 8.76. The van der Waals surface area contributed by atoms with Crippen molar-refractivity contribution in [2.24, 2.45) is 0 Å². The lowest BCUT2D eigenvalue weighted by atomic mass is 10.1. The number of rotatable bonds is 1. The summed E-state index contributed by atoms with van der Waals surface area (Å²) in [6, 6.07) is 8.99. The van der Waals surface area contributed by atoms with E-state index >= 15 is 0 Å². The highest BCUT2D eigenvalue weighted by molar-refractivity contribution is 5.95. The first kappa shape index (κ1) is 10.7. The number of piperidine rings is 1. The topological polar surface area (TPSA) is 64.3 Å². The third kappa shape index (κ3) is 1.90. The van der Waals surface area contributed by atoms with Crippen LogP contribution in [0.15, 0.2) is 24.3 Å². The van der Waals surface area contributed by atoms with Crippen LogP contribution in [-0.4, -0.2) is 23.7 Å². The third-order valence-electron chi connectivity index (χ3n) is 2.70. The minimum atomic E-state index is -0.496. The highest BCUT2D eigenvalue weighted by Crippen LogP contribution is 2.24. The number of aliphatic hydroxyl groups excluding tert-OH is 1. The number of carbonyl (C=O) groups excluding carboxylic acids is 1. The molecule has 82 valence electrons. The van der Waals surface area contributed by atoms with Crippen LogP contribution in [0.25, 0.3) is 0 Å². The van der Waals surface area contributed by atoms with Crippen LogP contribution in [0.5, 0.6) is 0 Å². The van der Waals surface area contributed by atoms with Crippen molar-refractivity contribution in [3.8, 4) is 6.07 Å². The fourth-order valence-electron chi connectivity index (χ4n) is 1.87. The normalized spacial score (nSPS) is 20.6. The van der Waals surface area contributed by atoms with Crippen molar-refractivity contribution in [1.82, 2.24) is 0 Å². The van der Waals surface area contributed by atoms with Gasteiger partial charge in [0.05, 0.1) is 23.9 Å². The van der Waals surface area contributed by atoms with Crippen LogP contribution < -0.4 is 4.90 Å². The second-order valence-corrected chi connectivity index (χ2v) is 3.83. The molecule has 1 saturated heterocycles. The number of hydrogen-bond donors (Lipinski definition) is 1. The van der Waals surface area contributed by atoms with Crippen molar-refractivity contribution in [1.29, 1.82) is 5.26 Å². The number of nitrogens with zero attached hydrogens (tertiary/aromatic N) is 2. The average molecular weight is 216 g/mol. The molecule has 1 aliphatic rings. The number of nitriles is 1. The second-order valence-electron chi connectivity index (χ2n) is 3.83. The Balaban J connectivity index is 2.35. The first-order chi connectivity index (χ1) is 7.72. The number of para-hydroxylation sites is 1. The molecule has 1 unspecified atom stereocenters. The Kier molecular flexibility index (Phi) is 2.88. The molecule has 0 radical (unpaired) electrons. The van der Waals surface area contributed by atoms with Crippen LogP contribution in [0.3, 0.4) is 0 Å². The van der Waals surface area contributed by atoms with Gasteiger partial charge in [0.2, 0.25) is 5.91 Å². The predicted molar refractivity (Wildman–Crippen MR) is 58.8 cm³/mol. The van der Waals surface area contributed by atoms with Gasteiger partial charge in [-0.3, -0.25) is 4.79 Å². The minimum Gasteiger partial charge on any atom is -0.391 e. The Bertz CT molecular complexity index is 451. The van der Waals surface area contributed by atoms with Gasteiger partial charge in [-0.15, -0.1) is 0 Å². The van der Waals surface area contributed by atoms with Crippen molar-refractivity contribution < 1.29 is 9.90 Å². The fraction of sp³-hybridized carbons (Fsp3) is 0.333. The van der Waals surface area contributed by atoms with E-state index in [4.69, 9.17) is 5.26 Å². The smallest absolute Gasteiger partial charge is 0.227 e. The van der Waals surface area contributed by atoms with Gasteiger partial charge in [0.15, 0.2) is 0 Å². The molecule has 2 rings (SSSR count). The van der Waals surface area contributed by atoms with E-state index in [0.29, 0.717) is 24.1 Å². The monoisotopic (exact) mass is 216 g/mol. The molecule has 4 nitrogen and oxygen atoms in total. The number of aliphatic hydroxyl groups is 1. The van der Waals surface area contributed by atoms with Gasteiger partial charge in [-0.1, -0.05) is 12.1 Å². The zero-order valence-electron chi connectivity index (χ0n) is 8.76. The largest absolute Gasteiger partial charge is 0.391 e. The molecule has 1 aromatic rings. The van der Waals surface area contributed by atoms with E-state index in [1.807, 2.05) is 0 Å². The average Bonchev–Trinajstić information content (AvgIpc) is 2.32. The number of anilines is 1. The van der Waals surface area contributed by atoms with Crippen LogP contribution in [-0.2, 0) is 4.79 Å². The van der Waals surface area contributed by atoms with Crippen LogP contribution in [0, 0.1) is 11.3 Å². The van der Waals surface area contributed by atoms with Crippen molar-refractivity contribution in [3.05, 3.63) is 29.8 Å². The second kappa shape index (κ2) is 4.33. The molecule has 0 aromatic heterocycles. The number of carbonyl (C=O) groups is 1. The molecule has 0 bridgehead atoms. The predicted octanol–water partition coefficient (Wildman–Crippen LogP) is 1.05. The number of hydrogen-bond acceptors (Lipinski definition) is 3. The Labute approximate surface area is 93.7 Å². The van der Waals surface area contributed by atoms with Gasteiger partial charge in [0.25, 0.3) is 0 Å². The van der Waals surface area contributed by atoms with Gasteiger partial charge in [-0.05, 0) is 18.6 Å². The van der Waals surface area contributed by atoms with Gasteiger partial charge in [-0.25, -0.2) is 0 Å². The lowest BCUT2D eigenvalue weighted by Crippen LogP contribution is -2.42. The maximum atomic E-state index is 11.7. The Morgan fingerprint density at radius 3 is 2.94 bits per heavy atom. The summed E-state index contributed by atoms with van der Waals surface area (Å²) < 4.78 is 0. The molecule has 0 saturated carbocycles. The Morgan fingerprint density at radius 1 is 1.44 bits per heavy atom. The standard InChI is InChI=1S/C12H12N2O2/c13-7-9-3-1-2-4-11(9)14-8-10(15)5-6-12(14)16/h1-4,10,15H,5-6,8H2. The molecule has 1 fully saturated rings. The molecule has 0 aliphatic carbocycles. The van der Waals surface area contributed by atoms with Crippen LogP contribution in [0.1, 0.15) is 18.4 Å². The molecule has 1 amide bonds. The van der Waals surface area contributed by atoms with Crippen molar-refractivity contribution >= 4 is 11.6 Å². The Hall–Kier alpha value is -1.86. The number of amides is 1. The molecule has 16 heavy (non-hydrogen) atoms. The number of β-amino-alcohol motifs (C(OH)–C–C–N with tert-alkyl or cyclic N) is 1. The minimum absolute atomic E-state index is 0.0343. The van der Waals surface area contributed by atoms with Crippen LogP contribution >= 0.6 is 0 Å². The van der Waals surface area contributed by atoms with Gasteiger partial charge in [0.1, 0.15) is 6.07 Å². The maximum absolute atomic E-state index is 11.7. The van der Waals surface area contributed by atoms with Crippen molar-refractivity contribution in [2.45, 2.75) is 18.9 Å². The van der Waals surface area contributed by atoms with Crippen molar-refractivity contribution in [3.63, 3.8) is 0 Å². The van der Waals surface area contributed by atoms with E-state index < -0.39 is 6.10 Å². The van der Waals surface area contributed by atoms with E-state index in [9.17, 15) is 9.90 Å². The Morgan fingerprint density at radius 2 is 2.19 bits per heavy atom. The highest BCUT2D eigenvalue weighted by Gasteiger charge is 2.26. The van der Waals surface area contributed by atoms with Gasteiger partial charge in [0, 0.05) is 6.42 Å². The van der Waals surface area contributed by atoms with E-state index in [1.54, 1.807) is 24.3 Å². The maximum Gasteiger partial charge on any atom is 0.227 e. The van der Waals surface area contributed by atoms with E-state index in [-0.39, 0.29) is 12.5 Å². The van der Waals surface area contributed by atoms with Crippen LogP contribution in [0.4, 0.5) is 5.69 Å². The molecule has 1 N–H and O–H groups in total. The molecule has 1 aliphatic heterocycles. The van der Waals surface area contributed by atoms with Crippen molar-refractivity contribution in [2.75, 3.05) is 11.4 Å².